The van der Waals surface area contributed by atoms with Crippen LogP contribution in [0.15, 0.2) is 24.8 Å². The van der Waals surface area contributed by atoms with Gasteiger partial charge in [0.25, 0.3) is 0 Å². The van der Waals surface area contributed by atoms with Crippen LogP contribution in [0.25, 0.3) is 0 Å². The van der Waals surface area contributed by atoms with Crippen LogP contribution in [0.1, 0.15) is 87.0 Å². The van der Waals surface area contributed by atoms with E-state index in [9.17, 15) is 9.59 Å². The van der Waals surface area contributed by atoms with Crippen LogP contribution >= 0.6 is 0 Å². The molecule has 0 aromatic rings. The molecule has 0 heterocycles. The summed E-state index contributed by atoms with van der Waals surface area (Å²) in [5, 5.41) is 0. The minimum atomic E-state index is -0.292. The molecule has 4 atom stereocenters. The van der Waals surface area contributed by atoms with Gasteiger partial charge in [-0.15, -0.1) is 0 Å². The molecule has 29 heavy (non-hydrogen) atoms. The van der Waals surface area contributed by atoms with E-state index in [4.69, 9.17) is 9.47 Å². The van der Waals surface area contributed by atoms with Crippen LogP contribution in [0.2, 0.25) is 0 Å². The lowest BCUT2D eigenvalue weighted by molar-refractivity contribution is -0.149. The number of hydrogen-bond donors (Lipinski definition) is 0. The third-order valence-corrected chi connectivity index (χ3v) is 5.76. The Kier molecular flexibility index (Phi) is 9.17. The van der Waals surface area contributed by atoms with Gasteiger partial charge in [0.1, 0.15) is 12.2 Å². The molecule has 0 aliphatic heterocycles. The first-order chi connectivity index (χ1) is 13.2. The van der Waals surface area contributed by atoms with Gasteiger partial charge >= 0.3 is 11.9 Å². The van der Waals surface area contributed by atoms with E-state index in [1.54, 1.807) is 6.92 Å². The van der Waals surface area contributed by atoms with Crippen LogP contribution in [0.4, 0.5) is 0 Å². The Morgan fingerprint density at radius 2 is 1.28 bits per heavy atom. The van der Waals surface area contributed by atoms with E-state index in [2.05, 4.69) is 54.7 Å². The Morgan fingerprint density at radius 3 is 1.62 bits per heavy atom. The minimum absolute atomic E-state index is 0.0768. The quantitative estimate of drug-likeness (QED) is 0.409. The van der Waals surface area contributed by atoms with Crippen molar-refractivity contribution in [2.45, 2.75) is 99.2 Å². The summed E-state index contributed by atoms with van der Waals surface area (Å²) in [5.74, 6) is 0.739. The maximum Gasteiger partial charge on any atom is 0.333 e. The predicted octanol–water partition coefficient (Wildman–Crippen LogP) is 6.25. The first-order valence-electron chi connectivity index (χ1n) is 10.9. The zero-order valence-electron chi connectivity index (χ0n) is 19.7. The maximum absolute atomic E-state index is 11.4. The summed E-state index contributed by atoms with van der Waals surface area (Å²) in [6.45, 7) is 22.1. The largest absolute Gasteiger partial charge is 0.459 e. The van der Waals surface area contributed by atoms with Crippen LogP contribution < -0.4 is 0 Å². The van der Waals surface area contributed by atoms with Crippen molar-refractivity contribution >= 4 is 11.9 Å². The Labute approximate surface area is 178 Å². The number of ether oxygens (including phenoxy) is 2. The average molecular weight is 407 g/mol. The molecular formula is C25H42O4. The van der Waals surface area contributed by atoms with E-state index < -0.39 is 0 Å². The van der Waals surface area contributed by atoms with Gasteiger partial charge in [-0.05, 0) is 68.1 Å². The van der Waals surface area contributed by atoms with Gasteiger partial charge in [0.05, 0.1) is 0 Å². The molecular weight excluding hydrogens is 364 g/mol. The molecule has 4 unspecified atom stereocenters. The van der Waals surface area contributed by atoms with Crippen molar-refractivity contribution in [3.05, 3.63) is 24.8 Å². The second-order valence-corrected chi connectivity index (χ2v) is 10.9. The topological polar surface area (TPSA) is 52.6 Å². The van der Waals surface area contributed by atoms with E-state index in [-0.39, 0.29) is 29.6 Å². The average Bonchev–Trinajstić information content (AvgIpc) is 2.51. The highest BCUT2D eigenvalue weighted by molar-refractivity contribution is 5.87. The molecule has 0 aromatic heterocycles. The number of carbonyl (C=O) groups excluding carboxylic acids is 2. The second kappa shape index (κ2) is 10.4. The summed E-state index contributed by atoms with van der Waals surface area (Å²) in [4.78, 5) is 22.5. The van der Waals surface area contributed by atoms with E-state index in [0.717, 1.165) is 25.7 Å². The molecule has 2 aliphatic carbocycles. The molecule has 0 aromatic carbocycles. The number of carbonyl (C=O) groups is 2. The standard InChI is InChI=1S/C13H22O2.C12H20O2/c1-9(2)12(14)15-11-6-10(3)7-13(4,5)8-11;1-5-11(13)14-10-6-9(2)7-12(3,4)8-10/h10-11H,1,6-8H2,2-5H3;5,9-10H,1,6-8H2,2-4H3. The van der Waals surface area contributed by atoms with Gasteiger partial charge in [0.15, 0.2) is 0 Å². The van der Waals surface area contributed by atoms with E-state index >= 15 is 0 Å². The third-order valence-electron chi connectivity index (χ3n) is 5.76. The number of hydrogen-bond acceptors (Lipinski definition) is 4. The van der Waals surface area contributed by atoms with Crippen LogP contribution in [0.3, 0.4) is 0 Å². The summed E-state index contributed by atoms with van der Waals surface area (Å²) in [6.07, 6.45) is 7.75. The minimum Gasteiger partial charge on any atom is -0.459 e. The van der Waals surface area contributed by atoms with Gasteiger partial charge in [-0.2, -0.15) is 0 Å². The summed E-state index contributed by atoms with van der Waals surface area (Å²) in [6, 6.07) is 0. The molecule has 2 fully saturated rings. The summed E-state index contributed by atoms with van der Waals surface area (Å²) < 4.78 is 10.7. The lowest BCUT2D eigenvalue weighted by Gasteiger charge is -2.38. The molecule has 166 valence electrons. The van der Waals surface area contributed by atoms with Gasteiger partial charge in [0, 0.05) is 11.6 Å². The third kappa shape index (κ3) is 9.64. The Balaban J connectivity index is 0.000000291. The van der Waals surface area contributed by atoms with Crippen molar-refractivity contribution in [1.29, 1.82) is 0 Å². The monoisotopic (exact) mass is 406 g/mol. The first kappa shape index (κ1) is 25.5. The van der Waals surface area contributed by atoms with Crippen molar-refractivity contribution in [2.75, 3.05) is 0 Å². The molecule has 4 heteroatoms. The Bertz CT molecular complexity index is 602. The highest BCUT2D eigenvalue weighted by Crippen LogP contribution is 2.40. The van der Waals surface area contributed by atoms with Crippen molar-refractivity contribution in [1.82, 2.24) is 0 Å². The number of rotatable bonds is 4. The summed E-state index contributed by atoms with van der Waals surface area (Å²) in [7, 11) is 0. The molecule has 0 saturated heterocycles. The zero-order chi connectivity index (χ0) is 22.4. The highest BCUT2D eigenvalue weighted by atomic mass is 16.5. The molecule has 2 rings (SSSR count). The highest BCUT2D eigenvalue weighted by Gasteiger charge is 2.34. The summed E-state index contributed by atoms with van der Waals surface area (Å²) in [5.41, 5.74) is 1.08. The fraction of sp³-hybridized carbons (Fsp3) is 0.760. The van der Waals surface area contributed by atoms with Gasteiger partial charge in [-0.3, -0.25) is 0 Å². The van der Waals surface area contributed by atoms with Crippen LogP contribution in [0, 0.1) is 22.7 Å². The maximum atomic E-state index is 11.4. The van der Waals surface area contributed by atoms with E-state index in [1.165, 1.54) is 18.9 Å². The lowest BCUT2D eigenvalue weighted by atomic mass is 9.71. The van der Waals surface area contributed by atoms with Gasteiger partial charge in [-0.25, -0.2) is 9.59 Å². The van der Waals surface area contributed by atoms with Gasteiger partial charge in [-0.1, -0.05) is 54.7 Å². The van der Waals surface area contributed by atoms with Crippen molar-refractivity contribution in [2.24, 2.45) is 22.7 Å². The van der Waals surface area contributed by atoms with Crippen LogP contribution in [-0.2, 0) is 19.1 Å². The van der Waals surface area contributed by atoms with Crippen molar-refractivity contribution < 1.29 is 19.1 Å². The fourth-order valence-corrected chi connectivity index (χ4v) is 5.16. The molecule has 2 aliphatic rings. The molecule has 0 N–H and O–H groups in total. The van der Waals surface area contributed by atoms with Gasteiger partial charge in [0.2, 0.25) is 0 Å². The number of esters is 2. The second-order valence-electron chi connectivity index (χ2n) is 10.9. The van der Waals surface area contributed by atoms with Crippen molar-refractivity contribution in [3.63, 3.8) is 0 Å². The first-order valence-corrected chi connectivity index (χ1v) is 10.9. The smallest absolute Gasteiger partial charge is 0.333 e. The molecule has 0 radical (unpaired) electrons. The predicted molar refractivity (Wildman–Crippen MR) is 118 cm³/mol. The van der Waals surface area contributed by atoms with Crippen molar-refractivity contribution in [3.8, 4) is 0 Å². The van der Waals surface area contributed by atoms with Gasteiger partial charge < -0.3 is 9.47 Å². The lowest BCUT2D eigenvalue weighted by Crippen LogP contribution is -2.34. The molecule has 2 saturated carbocycles. The molecule has 0 amide bonds. The SMILES string of the molecule is C=C(C)C(=O)OC1CC(C)CC(C)(C)C1.C=CC(=O)OC1CC(C)CC(C)(C)C1. The zero-order valence-corrected chi connectivity index (χ0v) is 19.7. The van der Waals surface area contributed by atoms with E-state index in [1.807, 2.05) is 0 Å². The fourth-order valence-electron chi connectivity index (χ4n) is 5.16. The van der Waals surface area contributed by atoms with Crippen LogP contribution in [-0.4, -0.2) is 24.1 Å². The molecule has 4 nitrogen and oxygen atoms in total. The van der Waals surface area contributed by atoms with E-state index in [0.29, 0.717) is 22.8 Å². The molecule has 0 bridgehead atoms. The normalized spacial score (nSPS) is 30.2. The summed E-state index contributed by atoms with van der Waals surface area (Å²) >= 11 is 0. The Morgan fingerprint density at radius 1 is 0.862 bits per heavy atom. The molecule has 0 spiro atoms. The van der Waals surface area contributed by atoms with Crippen LogP contribution in [0.5, 0.6) is 0 Å². The Hall–Kier alpha value is -1.58.